The highest BCUT2D eigenvalue weighted by molar-refractivity contribution is 5.82. The number of rotatable bonds is 4. The second-order valence-corrected chi connectivity index (χ2v) is 5.14. The zero-order valence-electron chi connectivity index (χ0n) is 12.1. The topological polar surface area (TPSA) is 73.9 Å². The number of carbonyl (C=O) groups excluding carboxylic acids is 2. The number of piperazine rings is 1. The molecule has 1 atom stereocenters. The number of ether oxygens (including phenoxy) is 1. The van der Waals surface area contributed by atoms with E-state index in [-0.39, 0.29) is 17.9 Å². The van der Waals surface area contributed by atoms with Gasteiger partial charge in [-0.15, -0.1) is 0 Å². The van der Waals surface area contributed by atoms with Gasteiger partial charge in [0, 0.05) is 39.3 Å². The van der Waals surface area contributed by atoms with E-state index in [9.17, 15) is 9.59 Å². The van der Waals surface area contributed by atoms with E-state index >= 15 is 0 Å². The molecule has 0 radical (unpaired) electrons. The molecule has 2 saturated heterocycles. The zero-order chi connectivity index (χ0) is 14.4. The monoisotopic (exact) mass is 284 g/mol. The molecule has 2 N–H and O–H groups in total. The minimum absolute atomic E-state index is 0.0506. The molecule has 2 amide bonds. The summed E-state index contributed by atoms with van der Waals surface area (Å²) in [6, 6.07) is -0.210. The van der Waals surface area contributed by atoms with E-state index in [2.05, 4.69) is 15.5 Å². The summed E-state index contributed by atoms with van der Waals surface area (Å²) >= 11 is 0. The molecule has 0 aromatic rings. The summed E-state index contributed by atoms with van der Waals surface area (Å²) in [4.78, 5) is 27.7. The van der Waals surface area contributed by atoms with E-state index in [0.717, 1.165) is 19.6 Å². The van der Waals surface area contributed by atoms with Crippen LogP contribution in [0, 0.1) is 0 Å². The Labute approximate surface area is 119 Å². The lowest BCUT2D eigenvalue weighted by Crippen LogP contribution is -2.57. The van der Waals surface area contributed by atoms with Crippen LogP contribution in [0.4, 0.5) is 0 Å². The molecule has 0 aliphatic carbocycles. The van der Waals surface area contributed by atoms with Gasteiger partial charge in [0.05, 0.1) is 19.8 Å². The third-order valence-electron chi connectivity index (χ3n) is 3.64. The van der Waals surface area contributed by atoms with Crippen molar-refractivity contribution in [3.05, 3.63) is 0 Å². The molecule has 2 rings (SSSR count). The average Bonchev–Trinajstić information content (AvgIpc) is 2.48. The quantitative estimate of drug-likeness (QED) is 0.641. The van der Waals surface area contributed by atoms with Crippen molar-refractivity contribution in [2.45, 2.75) is 13.0 Å². The van der Waals surface area contributed by atoms with Gasteiger partial charge in [-0.25, -0.2) is 0 Å². The molecular formula is C13H24N4O3. The first kappa shape index (κ1) is 15.2. The van der Waals surface area contributed by atoms with Gasteiger partial charge in [-0.3, -0.25) is 14.5 Å². The Morgan fingerprint density at radius 3 is 2.65 bits per heavy atom. The standard InChI is InChI=1S/C13H24N4O3/c1-2-14-12(18)9-16-4-6-17(7-5-16)13(19)11-10-20-8-3-15-11/h11,15H,2-10H2,1H3,(H,14,18). The van der Waals surface area contributed by atoms with Crippen molar-refractivity contribution in [3.63, 3.8) is 0 Å². The number of nitrogens with zero attached hydrogens (tertiary/aromatic N) is 2. The van der Waals surface area contributed by atoms with E-state index in [1.54, 1.807) is 0 Å². The normalized spacial score (nSPS) is 24.4. The summed E-state index contributed by atoms with van der Waals surface area (Å²) in [5.41, 5.74) is 0. The van der Waals surface area contributed by atoms with Crippen LogP contribution < -0.4 is 10.6 Å². The Bertz CT molecular complexity index is 337. The molecule has 1 unspecified atom stereocenters. The van der Waals surface area contributed by atoms with Gasteiger partial charge in [-0.1, -0.05) is 0 Å². The summed E-state index contributed by atoms with van der Waals surface area (Å²) < 4.78 is 5.32. The lowest BCUT2D eigenvalue weighted by Gasteiger charge is -2.36. The Morgan fingerprint density at radius 1 is 1.30 bits per heavy atom. The Kier molecular flexibility index (Phi) is 5.75. The first-order valence-electron chi connectivity index (χ1n) is 7.29. The van der Waals surface area contributed by atoms with Crippen LogP contribution >= 0.6 is 0 Å². The van der Waals surface area contributed by atoms with Crippen molar-refractivity contribution < 1.29 is 14.3 Å². The summed E-state index contributed by atoms with van der Waals surface area (Å²) in [7, 11) is 0. The summed E-state index contributed by atoms with van der Waals surface area (Å²) in [6.07, 6.45) is 0. The van der Waals surface area contributed by atoms with E-state index in [1.165, 1.54) is 0 Å². The highest BCUT2D eigenvalue weighted by Crippen LogP contribution is 2.05. The maximum atomic E-state index is 12.3. The molecule has 2 heterocycles. The molecule has 2 aliphatic heterocycles. The van der Waals surface area contributed by atoms with Gasteiger partial charge in [0.25, 0.3) is 0 Å². The van der Waals surface area contributed by atoms with E-state index < -0.39 is 0 Å². The van der Waals surface area contributed by atoms with E-state index in [0.29, 0.717) is 39.4 Å². The lowest BCUT2D eigenvalue weighted by atomic mass is 10.2. The van der Waals surface area contributed by atoms with Crippen LogP contribution in [0.5, 0.6) is 0 Å². The molecule has 0 spiro atoms. The number of hydrogen-bond donors (Lipinski definition) is 2. The highest BCUT2D eigenvalue weighted by Gasteiger charge is 2.29. The Balaban J connectivity index is 1.73. The fraction of sp³-hybridized carbons (Fsp3) is 0.846. The molecule has 7 nitrogen and oxygen atoms in total. The fourth-order valence-corrected chi connectivity index (χ4v) is 2.53. The van der Waals surface area contributed by atoms with Crippen molar-refractivity contribution in [3.8, 4) is 0 Å². The van der Waals surface area contributed by atoms with Crippen molar-refractivity contribution in [1.82, 2.24) is 20.4 Å². The molecule has 114 valence electrons. The maximum Gasteiger partial charge on any atom is 0.242 e. The Morgan fingerprint density at radius 2 is 2.05 bits per heavy atom. The molecule has 0 aromatic heterocycles. The van der Waals surface area contributed by atoms with Crippen LogP contribution in [-0.2, 0) is 14.3 Å². The van der Waals surface area contributed by atoms with Crippen molar-refractivity contribution >= 4 is 11.8 Å². The SMILES string of the molecule is CCNC(=O)CN1CCN(C(=O)C2COCCN2)CC1. The molecule has 20 heavy (non-hydrogen) atoms. The van der Waals surface area contributed by atoms with Gasteiger partial charge < -0.3 is 20.3 Å². The van der Waals surface area contributed by atoms with Crippen LogP contribution in [0.2, 0.25) is 0 Å². The minimum Gasteiger partial charge on any atom is -0.378 e. The third kappa shape index (κ3) is 4.16. The van der Waals surface area contributed by atoms with E-state index in [4.69, 9.17) is 4.74 Å². The molecule has 2 aliphatic rings. The average molecular weight is 284 g/mol. The van der Waals surface area contributed by atoms with Gasteiger partial charge in [0.1, 0.15) is 6.04 Å². The van der Waals surface area contributed by atoms with Gasteiger partial charge in [-0.05, 0) is 6.92 Å². The van der Waals surface area contributed by atoms with Crippen LogP contribution in [0.25, 0.3) is 0 Å². The fourth-order valence-electron chi connectivity index (χ4n) is 2.53. The third-order valence-corrected chi connectivity index (χ3v) is 3.64. The van der Waals surface area contributed by atoms with Crippen molar-refractivity contribution in [2.75, 3.05) is 59.0 Å². The summed E-state index contributed by atoms with van der Waals surface area (Å²) in [5.74, 6) is 0.164. The maximum absolute atomic E-state index is 12.3. The van der Waals surface area contributed by atoms with Crippen LogP contribution in [0.3, 0.4) is 0 Å². The smallest absolute Gasteiger partial charge is 0.242 e. The molecule has 7 heteroatoms. The number of carbonyl (C=O) groups is 2. The largest absolute Gasteiger partial charge is 0.378 e. The Hall–Kier alpha value is -1.18. The van der Waals surface area contributed by atoms with Crippen LogP contribution in [-0.4, -0.2) is 86.7 Å². The van der Waals surface area contributed by atoms with Gasteiger partial charge >= 0.3 is 0 Å². The lowest BCUT2D eigenvalue weighted by molar-refractivity contribution is -0.138. The van der Waals surface area contributed by atoms with Gasteiger partial charge in [0.15, 0.2) is 0 Å². The van der Waals surface area contributed by atoms with Crippen LogP contribution in [0.1, 0.15) is 6.92 Å². The minimum atomic E-state index is -0.210. The van der Waals surface area contributed by atoms with Crippen molar-refractivity contribution in [2.24, 2.45) is 0 Å². The van der Waals surface area contributed by atoms with Crippen molar-refractivity contribution in [1.29, 1.82) is 0 Å². The molecule has 0 saturated carbocycles. The van der Waals surface area contributed by atoms with E-state index in [1.807, 2.05) is 11.8 Å². The highest BCUT2D eigenvalue weighted by atomic mass is 16.5. The first-order valence-corrected chi connectivity index (χ1v) is 7.29. The number of morpholine rings is 1. The predicted molar refractivity (Wildman–Crippen MR) is 74.3 cm³/mol. The second-order valence-electron chi connectivity index (χ2n) is 5.14. The second kappa shape index (κ2) is 7.56. The van der Waals surface area contributed by atoms with Gasteiger partial charge in [-0.2, -0.15) is 0 Å². The first-order chi connectivity index (χ1) is 9.70. The predicted octanol–water partition coefficient (Wildman–Crippen LogP) is -1.74. The number of hydrogen-bond acceptors (Lipinski definition) is 5. The number of nitrogens with one attached hydrogen (secondary N) is 2. The van der Waals surface area contributed by atoms with Gasteiger partial charge in [0.2, 0.25) is 11.8 Å². The number of likely N-dealkylation sites (N-methyl/N-ethyl adjacent to an activating group) is 1. The van der Waals surface area contributed by atoms with Crippen LogP contribution in [0.15, 0.2) is 0 Å². The molecular weight excluding hydrogens is 260 g/mol. The molecule has 0 bridgehead atoms. The summed E-state index contributed by atoms with van der Waals surface area (Å²) in [6.45, 7) is 7.69. The summed E-state index contributed by atoms with van der Waals surface area (Å²) in [5, 5.41) is 5.97. The zero-order valence-corrected chi connectivity index (χ0v) is 12.1. The number of amides is 2. The molecule has 0 aromatic carbocycles. The molecule has 2 fully saturated rings.